The second kappa shape index (κ2) is 7.70. The van der Waals surface area contributed by atoms with Crippen LogP contribution in [0, 0.1) is 5.92 Å². The van der Waals surface area contributed by atoms with Gasteiger partial charge in [-0.1, -0.05) is 29.8 Å². The number of aromatic nitrogens is 2. The van der Waals surface area contributed by atoms with E-state index >= 15 is 0 Å². The molecule has 0 radical (unpaired) electrons. The lowest BCUT2D eigenvalue weighted by Gasteiger charge is -2.30. The third-order valence-corrected chi connectivity index (χ3v) is 4.69. The number of hydrogen-bond donors (Lipinski definition) is 1. The number of carbonyl (C=O) groups excluding carboxylic acids is 2. The molecule has 1 aromatic carbocycles. The van der Waals surface area contributed by atoms with E-state index in [2.05, 4.69) is 10.2 Å². The molecule has 0 aliphatic carbocycles. The number of nitrogens with zero attached hydrogens (tertiary/aromatic N) is 2. The van der Waals surface area contributed by atoms with E-state index in [1.165, 1.54) is 0 Å². The van der Waals surface area contributed by atoms with Gasteiger partial charge in [-0.05, 0) is 31.9 Å². The molecule has 6 nitrogen and oxygen atoms in total. The van der Waals surface area contributed by atoms with Crippen LogP contribution in [-0.4, -0.2) is 46.7 Å². The van der Waals surface area contributed by atoms with Gasteiger partial charge in [-0.15, -0.1) is 0 Å². The van der Waals surface area contributed by atoms with Crippen LogP contribution in [0.5, 0.6) is 0 Å². The summed E-state index contributed by atoms with van der Waals surface area (Å²) in [5.74, 6) is -0.408. The largest absolute Gasteiger partial charge is 0.466 e. The van der Waals surface area contributed by atoms with Gasteiger partial charge in [0.1, 0.15) is 5.69 Å². The summed E-state index contributed by atoms with van der Waals surface area (Å²) in [6.07, 6.45) is 1.24. The number of nitrogens with one attached hydrogen (secondary N) is 1. The molecule has 3 rings (SSSR count). The highest BCUT2D eigenvalue weighted by Gasteiger charge is 2.29. The third kappa shape index (κ3) is 3.85. The minimum Gasteiger partial charge on any atom is -0.466 e. The molecule has 1 aliphatic heterocycles. The second-order valence-corrected chi connectivity index (χ2v) is 6.37. The van der Waals surface area contributed by atoms with Crippen molar-refractivity contribution in [3.05, 3.63) is 41.0 Å². The Hall–Kier alpha value is -2.34. The van der Waals surface area contributed by atoms with Crippen molar-refractivity contribution in [1.29, 1.82) is 0 Å². The van der Waals surface area contributed by atoms with Gasteiger partial charge in [0.25, 0.3) is 5.91 Å². The van der Waals surface area contributed by atoms with Crippen LogP contribution < -0.4 is 0 Å². The number of aromatic amines is 1. The van der Waals surface area contributed by atoms with Crippen molar-refractivity contribution in [3.8, 4) is 11.3 Å². The molecule has 1 aromatic heterocycles. The van der Waals surface area contributed by atoms with Crippen LogP contribution in [-0.2, 0) is 9.53 Å². The van der Waals surface area contributed by atoms with Gasteiger partial charge in [-0.3, -0.25) is 14.7 Å². The Kier molecular flexibility index (Phi) is 5.38. The average Bonchev–Trinajstić information content (AvgIpc) is 3.11. The van der Waals surface area contributed by atoms with E-state index in [1.54, 1.807) is 24.0 Å². The number of H-pyrrole nitrogens is 1. The quantitative estimate of drug-likeness (QED) is 0.849. The fourth-order valence-corrected chi connectivity index (χ4v) is 3.22. The SMILES string of the molecule is CCOC(=O)C1CCN(C(=O)c2cc(-c3ccccc3Cl)n[nH]2)CC1. The predicted octanol–water partition coefficient (Wildman–Crippen LogP) is 3.15. The molecule has 2 heterocycles. The summed E-state index contributed by atoms with van der Waals surface area (Å²) in [5.41, 5.74) is 1.83. The number of ether oxygens (including phenoxy) is 1. The van der Waals surface area contributed by atoms with Gasteiger partial charge in [-0.2, -0.15) is 5.10 Å². The fraction of sp³-hybridized carbons (Fsp3) is 0.389. The van der Waals surface area contributed by atoms with Crippen molar-refractivity contribution in [2.24, 2.45) is 5.92 Å². The smallest absolute Gasteiger partial charge is 0.309 e. The van der Waals surface area contributed by atoms with E-state index < -0.39 is 0 Å². The first kappa shape index (κ1) is 17.5. The van der Waals surface area contributed by atoms with E-state index in [0.717, 1.165) is 5.56 Å². The summed E-state index contributed by atoms with van der Waals surface area (Å²) in [7, 11) is 0. The van der Waals surface area contributed by atoms with E-state index in [0.29, 0.717) is 48.9 Å². The summed E-state index contributed by atoms with van der Waals surface area (Å²) in [4.78, 5) is 26.2. The lowest BCUT2D eigenvalue weighted by Crippen LogP contribution is -2.40. The van der Waals surface area contributed by atoms with Crippen LogP contribution in [0.4, 0.5) is 0 Å². The van der Waals surface area contributed by atoms with E-state index in [4.69, 9.17) is 16.3 Å². The maximum Gasteiger partial charge on any atom is 0.309 e. The highest BCUT2D eigenvalue weighted by atomic mass is 35.5. The minimum absolute atomic E-state index is 0.117. The number of piperidine rings is 1. The van der Waals surface area contributed by atoms with Gasteiger partial charge in [0.05, 0.1) is 23.2 Å². The van der Waals surface area contributed by atoms with Crippen molar-refractivity contribution in [2.75, 3.05) is 19.7 Å². The zero-order valence-electron chi connectivity index (χ0n) is 14.0. The van der Waals surface area contributed by atoms with Gasteiger partial charge in [0, 0.05) is 18.7 Å². The third-order valence-electron chi connectivity index (χ3n) is 4.36. The molecular formula is C18H20ClN3O3. The molecule has 1 saturated heterocycles. The number of hydrogen-bond acceptors (Lipinski definition) is 4. The van der Waals surface area contributed by atoms with E-state index in [9.17, 15) is 9.59 Å². The molecule has 132 valence electrons. The van der Waals surface area contributed by atoms with Gasteiger partial charge in [-0.25, -0.2) is 0 Å². The average molecular weight is 362 g/mol. The topological polar surface area (TPSA) is 75.3 Å². The summed E-state index contributed by atoms with van der Waals surface area (Å²) in [6.45, 7) is 3.24. The van der Waals surface area contributed by atoms with E-state index in [1.807, 2.05) is 18.2 Å². The first-order chi connectivity index (χ1) is 12.1. The van der Waals surface area contributed by atoms with E-state index in [-0.39, 0.29) is 17.8 Å². The standard InChI is InChI=1S/C18H20ClN3O3/c1-2-25-18(24)12-7-9-22(10-8-12)17(23)16-11-15(20-21-16)13-5-3-4-6-14(13)19/h3-6,11-12H,2,7-10H2,1H3,(H,20,21). The normalized spacial score (nSPS) is 15.2. The molecule has 0 bridgehead atoms. The zero-order valence-corrected chi connectivity index (χ0v) is 14.8. The molecule has 0 spiro atoms. The first-order valence-electron chi connectivity index (χ1n) is 8.36. The van der Waals surface area contributed by atoms with Gasteiger partial charge >= 0.3 is 5.97 Å². The number of carbonyl (C=O) groups is 2. The molecule has 1 aliphatic rings. The van der Waals surface area contributed by atoms with Crippen LogP contribution >= 0.6 is 11.6 Å². The number of rotatable bonds is 4. The molecule has 0 atom stereocenters. The van der Waals surface area contributed by atoms with Crippen molar-refractivity contribution >= 4 is 23.5 Å². The molecule has 7 heteroatoms. The Labute approximate surface area is 151 Å². The Morgan fingerprint density at radius 2 is 2.04 bits per heavy atom. The highest BCUT2D eigenvalue weighted by Crippen LogP contribution is 2.27. The predicted molar refractivity (Wildman–Crippen MR) is 94.3 cm³/mol. The summed E-state index contributed by atoms with van der Waals surface area (Å²) < 4.78 is 5.05. The van der Waals surface area contributed by atoms with Crippen LogP contribution in [0.2, 0.25) is 5.02 Å². The fourth-order valence-electron chi connectivity index (χ4n) is 2.99. The van der Waals surface area contributed by atoms with Gasteiger partial charge in [0.2, 0.25) is 0 Å². The number of esters is 1. The molecule has 0 unspecified atom stereocenters. The number of benzene rings is 1. The van der Waals surface area contributed by atoms with Crippen molar-refractivity contribution in [2.45, 2.75) is 19.8 Å². The molecule has 1 amide bonds. The number of halogens is 1. The monoisotopic (exact) mass is 361 g/mol. The Balaban J connectivity index is 1.65. The Morgan fingerprint density at radius 3 is 2.72 bits per heavy atom. The second-order valence-electron chi connectivity index (χ2n) is 5.97. The summed E-state index contributed by atoms with van der Waals surface area (Å²) in [6, 6.07) is 9.07. The molecule has 0 saturated carbocycles. The Bertz CT molecular complexity index is 766. The maximum absolute atomic E-state index is 12.6. The summed E-state index contributed by atoms with van der Waals surface area (Å²) in [5, 5.41) is 7.58. The molecule has 2 aromatic rings. The summed E-state index contributed by atoms with van der Waals surface area (Å²) >= 11 is 6.17. The zero-order chi connectivity index (χ0) is 17.8. The lowest BCUT2D eigenvalue weighted by atomic mass is 9.97. The number of amides is 1. The molecular weight excluding hydrogens is 342 g/mol. The molecule has 1 N–H and O–H groups in total. The Morgan fingerprint density at radius 1 is 1.32 bits per heavy atom. The van der Waals surface area contributed by atoms with Crippen molar-refractivity contribution in [3.63, 3.8) is 0 Å². The van der Waals surface area contributed by atoms with Crippen LogP contribution in [0.25, 0.3) is 11.3 Å². The van der Waals surface area contributed by atoms with Crippen LogP contribution in [0.3, 0.4) is 0 Å². The van der Waals surface area contributed by atoms with Crippen molar-refractivity contribution < 1.29 is 14.3 Å². The maximum atomic E-state index is 12.6. The van der Waals surface area contributed by atoms with Gasteiger partial charge < -0.3 is 9.64 Å². The number of likely N-dealkylation sites (tertiary alicyclic amines) is 1. The lowest BCUT2D eigenvalue weighted by molar-refractivity contribution is -0.149. The van der Waals surface area contributed by atoms with Crippen molar-refractivity contribution in [1.82, 2.24) is 15.1 Å². The molecule has 1 fully saturated rings. The van der Waals surface area contributed by atoms with Gasteiger partial charge in [0.15, 0.2) is 0 Å². The van der Waals surface area contributed by atoms with Crippen LogP contribution in [0.1, 0.15) is 30.3 Å². The first-order valence-corrected chi connectivity index (χ1v) is 8.74. The molecule has 25 heavy (non-hydrogen) atoms. The van der Waals surface area contributed by atoms with Crippen LogP contribution in [0.15, 0.2) is 30.3 Å². The highest BCUT2D eigenvalue weighted by molar-refractivity contribution is 6.33. The minimum atomic E-state index is -0.169.